The number of sulfonamides is 1. The second kappa shape index (κ2) is 5.19. The third kappa shape index (κ3) is 2.72. The van der Waals surface area contributed by atoms with Crippen LogP contribution in [0.1, 0.15) is 15.2 Å². The molecule has 0 aliphatic rings. The topological polar surface area (TPSA) is 111 Å². The summed E-state index contributed by atoms with van der Waals surface area (Å²) in [5, 5.41) is 8.37. The number of nitrogens with zero attached hydrogens (tertiary/aromatic N) is 3. The Morgan fingerprint density at radius 1 is 1.47 bits per heavy atom. The lowest BCUT2D eigenvalue weighted by Gasteiger charge is -2.06. The molecule has 0 saturated carbocycles. The van der Waals surface area contributed by atoms with Crippen molar-refractivity contribution in [2.45, 2.75) is 11.8 Å². The maximum atomic E-state index is 12.2. The van der Waals surface area contributed by atoms with E-state index in [-0.39, 0.29) is 14.9 Å². The molecule has 1 N–H and O–H groups in total. The molecule has 2 aromatic heterocycles. The monoisotopic (exact) mass is 320 g/mol. The minimum absolute atomic E-state index is 0.0185. The number of methoxy groups -OCH3 is 1. The van der Waals surface area contributed by atoms with Crippen LogP contribution in [-0.4, -0.2) is 36.3 Å². The molecule has 19 heavy (non-hydrogen) atoms. The van der Waals surface area contributed by atoms with Gasteiger partial charge < -0.3 is 4.74 Å². The molecule has 0 radical (unpaired) electrons. The summed E-state index contributed by atoms with van der Waals surface area (Å²) in [6, 6.07) is 0. The van der Waals surface area contributed by atoms with Gasteiger partial charge in [-0.3, -0.25) is 4.72 Å². The third-order valence-corrected chi connectivity index (χ3v) is 5.45. The first-order valence-electron chi connectivity index (χ1n) is 4.80. The van der Waals surface area contributed by atoms with Crippen LogP contribution in [0, 0.1) is 6.92 Å². The standard InChI is InChI=1S/C8H8N4O4S3/c1-4-3-17-5(7(13)16-2)6(4)19(14,15)10-8-9-11-12-18-8/h3H,1-2H3,(H,9,10,12). The van der Waals surface area contributed by atoms with Crippen molar-refractivity contribution in [1.29, 1.82) is 0 Å². The molecule has 11 heteroatoms. The summed E-state index contributed by atoms with van der Waals surface area (Å²) in [5.41, 5.74) is 0.454. The van der Waals surface area contributed by atoms with Crippen LogP contribution in [0.2, 0.25) is 0 Å². The van der Waals surface area contributed by atoms with Gasteiger partial charge in [0.2, 0.25) is 5.13 Å². The van der Waals surface area contributed by atoms with Crippen LogP contribution in [0.5, 0.6) is 0 Å². The smallest absolute Gasteiger partial charge is 0.349 e. The first-order valence-corrected chi connectivity index (χ1v) is 7.93. The minimum Gasteiger partial charge on any atom is -0.465 e. The number of nitrogens with one attached hydrogen (secondary N) is 1. The number of hydrogen-bond donors (Lipinski definition) is 1. The molecule has 0 aliphatic heterocycles. The molecule has 2 heterocycles. The number of aromatic nitrogens is 3. The van der Waals surface area contributed by atoms with Crippen LogP contribution >= 0.6 is 22.9 Å². The number of carbonyl (C=O) groups is 1. The van der Waals surface area contributed by atoms with Crippen LogP contribution in [-0.2, 0) is 14.8 Å². The van der Waals surface area contributed by atoms with E-state index in [9.17, 15) is 13.2 Å². The van der Waals surface area contributed by atoms with E-state index in [2.05, 4.69) is 24.3 Å². The van der Waals surface area contributed by atoms with Crippen LogP contribution in [0.4, 0.5) is 5.13 Å². The Bertz CT molecular complexity index is 692. The Hall–Kier alpha value is -1.59. The molecule has 0 saturated heterocycles. The first-order chi connectivity index (χ1) is 8.95. The Kier molecular flexibility index (Phi) is 3.78. The van der Waals surface area contributed by atoms with Crippen molar-refractivity contribution >= 4 is 44.0 Å². The lowest BCUT2D eigenvalue weighted by atomic mass is 10.3. The van der Waals surface area contributed by atoms with Gasteiger partial charge in [0.05, 0.1) is 7.11 Å². The minimum atomic E-state index is -3.93. The number of esters is 1. The number of hydrogen-bond acceptors (Lipinski definition) is 9. The van der Waals surface area contributed by atoms with Gasteiger partial charge in [0, 0.05) is 11.5 Å². The number of thiophene rings is 1. The van der Waals surface area contributed by atoms with Crippen molar-refractivity contribution in [3.63, 3.8) is 0 Å². The van der Waals surface area contributed by atoms with E-state index in [1.54, 1.807) is 12.3 Å². The van der Waals surface area contributed by atoms with Gasteiger partial charge in [0.25, 0.3) is 10.0 Å². The van der Waals surface area contributed by atoms with Gasteiger partial charge in [0.1, 0.15) is 9.77 Å². The Morgan fingerprint density at radius 2 is 2.21 bits per heavy atom. The number of ether oxygens (including phenoxy) is 1. The molecule has 102 valence electrons. The van der Waals surface area contributed by atoms with Gasteiger partial charge in [-0.2, -0.15) is 0 Å². The van der Waals surface area contributed by atoms with E-state index >= 15 is 0 Å². The highest BCUT2D eigenvalue weighted by Gasteiger charge is 2.28. The molecular weight excluding hydrogens is 312 g/mol. The molecule has 2 aromatic rings. The Balaban J connectivity index is 2.46. The fourth-order valence-corrected chi connectivity index (χ4v) is 4.63. The summed E-state index contributed by atoms with van der Waals surface area (Å²) in [6.07, 6.45) is 0. The van der Waals surface area contributed by atoms with Crippen LogP contribution < -0.4 is 4.72 Å². The second-order valence-electron chi connectivity index (χ2n) is 3.34. The van der Waals surface area contributed by atoms with E-state index in [4.69, 9.17) is 0 Å². The predicted molar refractivity (Wildman–Crippen MR) is 68.9 cm³/mol. The number of aryl methyl sites for hydroxylation is 1. The number of rotatable bonds is 4. The average molecular weight is 320 g/mol. The van der Waals surface area contributed by atoms with Gasteiger partial charge >= 0.3 is 5.97 Å². The quantitative estimate of drug-likeness (QED) is 0.833. The first kappa shape index (κ1) is 13.8. The molecule has 2 rings (SSSR count). The summed E-state index contributed by atoms with van der Waals surface area (Å²) in [4.78, 5) is 11.5. The largest absolute Gasteiger partial charge is 0.465 e. The summed E-state index contributed by atoms with van der Waals surface area (Å²) < 4.78 is 34.7. The maximum Gasteiger partial charge on any atom is 0.349 e. The fraction of sp³-hybridized carbons (Fsp3) is 0.250. The van der Waals surface area contributed by atoms with Crippen LogP contribution in [0.25, 0.3) is 0 Å². The van der Waals surface area contributed by atoms with E-state index < -0.39 is 16.0 Å². The lowest BCUT2D eigenvalue weighted by molar-refractivity contribution is 0.0602. The molecular formula is C8H8N4O4S3. The highest BCUT2D eigenvalue weighted by atomic mass is 32.2. The lowest BCUT2D eigenvalue weighted by Crippen LogP contribution is -2.16. The van der Waals surface area contributed by atoms with Crippen molar-refractivity contribution in [3.05, 3.63) is 15.8 Å². The van der Waals surface area contributed by atoms with Crippen LogP contribution in [0.3, 0.4) is 0 Å². The molecule has 0 unspecified atom stereocenters. The molecule has 0 atom stereocenters. The Morgan fingerprint density at radius 3 is 2.79 bits per heavy atom. The SMILES string of the molecule is COC(=O)c1scc(C)c1S(=O)(=O)Nc1nnns1. The molecule has 0 fully saturated rings. The van der Waals surface area contributed by atoms with Crippen molar-refractivity contribution < 1.29 is 17.9 Å². The van der Waals surface area contributed by atoms with E-state index in [0.29, 0.717) is 5.56 Å². The van der Waals surface area contributed by atoms with Gasteiger partial charge in [-0.1, -0.05) is 9.59 Å². The van der Waals surface area contributed by atoms with Crippen molar-refractivity contribution in [2.24, 2.45) is 0 Å². The van der Waals surface area contributed by atoms with E-state index in [0.717, 1.165) is 22.9 Å². The zero-order valence-corrected chi connectivity index (χ0v) is 12.2. The summed E-state index contributed by atoms with van der Waals surface area (Å²) in [7, 11) is -2.74. The van der Waals surface area contributed by atoms with Crippen molar-refractivity contribution in [1.82, 2.24) is 14.8 Å². The summed E-state index contributed by atoms with van der Waals surface area (Å²) >= 11 is 1.80. The van der Waals surface area contributed by atoms with E-state index in [1.807, 2.05) is 0 Å². The van der Waals surface area contributed by atoms with Gasteiger partial charge in [0.15, 0.2) is 0 Å². The molecule has 0 amide bonds. The normalized spacial score (nSPS) is 11.3. The molecule has 0 aliphatic carbocycles. The summed E-state index contributed by atoms with van der Waals surface area (Å²) in [6.45, 7) is 1.59. The summed E-state index contributed by atoms with van der Waals surface area (Å²) in [5.74, 6) is -0.700. The molecule has 0 aromatic carbocycles. The van der Waals surface area contributed by atoms with Gasteiger partial charge in [-0.05, 0) is 23.1 Å². The maximum absolute atomic E-state index is 12.2. The van der Waals surface area contributed by atoms with Crippen LogP contribution in [0.15, 0.2) is 10.3 Å². The highest BCUT2D eigenvalue weighted by Crippen LogP contribution is 2.29. The van der Waals surface area contributed by atoms with Gasteiger partial charge in [-0.15, -0.1) is 11.3 Å². The Labute approximate surface area is 116 Å². The van der Waals surface area contributed by atoms with E-state index in [1.165, 1.54) is 7.11 Å². The molecule has 8 nitrogen and oxygen atoms in total. The molecule has 0 bridgehead atoms. The zero-order valence-electron chi connectivity index (χ0n) is 9.78. The van der Waals surface area contributed by atoms with Gasteiger partial charge in [-0.25, -0.2) is 13.2 Å². The predicted octanol–water partition coefficient (Wildman–Crippen LogP) is 0.890. The third-order valence-electron chi connectivity index (χ3n) is 2.08. The average Bonchev–Trinajstić information content (AvgIpc) is 2.97. The zero-order chi connectivity index (χ0) is 14.0. The van der Waals surface area contributed by atoms with Crippen molar-refractivity contribution in [2.75, 3.05) is 11.8 Å². The fourth-order valence-electron chi connectivity index (χ4n) is 1.34. The van der Waals surface area contributed by atoms with Crippen molar-refractivity contribution in [3.8, 4) is 0 Å². The highest BCUT2D eigenvalue weighted by molar-refractivity contribution is 7.93. The molecule has 0 spiro atoms. The number of anilines is 1. The second-order valence-corrected chi connectivity index (χ2v) is 6.57. The number of carbonyl (C=O) groups excluding carboxylic acids is 1.